The number of hydrogen-bond donors (Lipinski definition) is 1. The molecule has 1 heterocycles. The molecule has 0 bridgehead atoms. The van der Waals surface area contributed by atoms with Crippen LogP contribution in [0.2, 0.25) is 0 Å². The second-order valence-corrected chi connectivity index (χ2v) is 4.65. The largest absolute Gasteiger partial charge is 0.332 e. The lowest BCUT2D eigenvalue weighted by Crippen LogP contribution is -2.45. The SMILES string of the molecule is Cc1cc(C(=O)NC2(C#N)CCCC2)n(C)n1. The first kappa shape index (κ1) is 11.6. The fraction of sp³-hybridized carbons (Fsp3) is 0.583. The molecule has 1 aliphatic carbocycles. The molecule has 5 heteroatoms. The van der Waals surface area contributed by atoms with Crippen LogP contribution >= 0.6 is 0 Å². The van der Waals surface area contributed by atoms with Crippen molar-refractivity contribution in [3.63, 3.8) is 0 Å². The van der Waals surface area contributed by atoms with E-state index in [-0.39, 0.29) is 5.91 Å². The van der Waals surface area contributed by atoms with Crippen molar-refractivity contribution in [1.29, 1.82) is 5.26 Å². The van der Waals surface area contributed by atoms with Gasteiger partial charge in [0.15, 0.2) is 0 Å². The van der Waals surface area contributed by atoms with Crippen LogP contribution in [0.25, 0.3) is 0 Å². The number of aryl methyl sites for hydroxylation is 2. The highest BCUT2D eigenvalue weighted by Gasteiger charge is 2.36. The summed E-state index contributed by atoms with van der Waals surface area (Å²) in [4.78, 5) is 12.1. The average Bonchev–Trinajstić information content (AvgIpc) is 2.86. The summed E-state index contributed by atoms with van der Waals surface area (Å²) in [6.45, 7) is 1.84. The molecule has 0 aromatic carbocycles. The van der Waals surface area contributed by atoms with E-state index in [1.165, 1.54) is 0 Å². The molecular weight excluding hydrogens is 216 g/mol. The number of carbonyl (C=O) groups is 1. The molecule has 5 nitrogen and oxygen atoms in total. The van der Waals surface area contributed by atoms with E-state index in [1.54, 1.807) is 17.8 Å². The number of rotatable bonds is 2. The molecule has 90 valence electrons. The van der Waals surface area contributed by atoms with Crippen LogP contribution in [0, 0.1) is 18.3 Å². The maximum atomic E-state index is 12.1. The predicted octanol–water partition coefficient (Wildman–Crippen LogP) is 1.29. The smallest absolute Gasteiger partial charge is 0.270 e. The van der Waals surface area contributed by atoms with E-state index in [9.17, 15) is 10.1 Å². The summed E-state index contributed by atoms with van der Waals surface area (Å²) in [7, 11) is 1.73. The van der Waals surface area contributed by atoms with Crippen LogP contribution in [-0.4, -0.2) is 21.2 Å². The van der Waals surface area contributed by atoms with Gasteiger partial charge in [-0.15, -0.1) is 0 Å². The van der Waals surface area contributed by atoms with Gasteiger partial charge in [0.1, 0.15) is 11.2 Å². The molecule has 0 unspecified atom stereocenters. The molecule has 0 radical (unpaired) electrons. The maximum absolute atomic E-state index is 12.1. The number of aromatic nitrogens is 2. The van der Waals surface area contributed by atoms with Gasteiger partial charge in [-0.25, -0.2) is 0 Å². The average molecular weight is 232 g/mol. The van der Waals surface area contributed by atoms with Crippen LogP contribution in [-0.2, 0) is 7.05 Å². The molecule has 1 saturated carbocycles. The highest BCUT2D eigenvalue weighted by molar-refractivity contribution is 5.93. The van der Waals surface area contributed by atoms with Crippen molar-refractivity contribution in [2.45, 2.75) is 38.1 Å². The molecule has 1 amide bonds. The molecule has 1 N–H and O–H groups in total. The molecule has 17 heavy (non-hydrogen) atoms. The van der Waals surface area contributed by atoms with Crippen LogP contribution < -0.4 is 5.32 Å². The van der Waals surface area contributed by atoms with Crippen molar-refractivity contribution in [3.8, 4) is 6.07 Å². The third-order valence-electron chi connectivity index (χ3n) is 3.26. The first-order valence-corrected chi connectivity index (χ1v) is 5.81. The molecule has 0 saturated heterocycles. The number of nitrogens with zero attached hydrogens (tertiary/aromatic N) is 3. The summed E-state index contributed by atoms with van der Waals surface area (Å²) >= 11 is 0. The third-order valence-corrected chi connectivity index (χ3v) is 3.26. The quantitative estimate of drug-likeness (QED) is 0.835. The standard InChI is InChI=1S/C12H16N4O/c1-9-7-10(16(2)15-9)11(17)14-12(8-13)5-3-4-6-12/h7H,3-6H2,1-2H3,(H,14,17). The second-order valence-electron chi connectivity index (χ2n) is 4.65. The van der Waals surface area contributed by atoms with Crippen molar-refractivity contribution >= 4 is 5.91 Å². The monoisotopic (exact) mass is 232 g/mol. The Balaban J connectivity index is 2.17. The Bertz CT molecular complexity index is 477. The Morgan fingerprint density at radius 2 is 2.24 bits per heavy atom. The molecular formula is C12H16N4O. The highest BCUT2D eigenvalue weighted by atomic mass is 16.2. The highest BCUT2D eigenvalue weighted by Crippen LogP contribution is 2.29. The number of nitriles is 1. The summed E-state index contributed by atoms with van der Waals surface area (Å²) in [5, 5.41) is 16.2. The van der Waals surface area contributed by atoms with E-state index in [1.807, 2.05) is 6.92 Å². The Hall–Kier alpha value is -1.83. The summed E-state index contributed by atoms with van der Waals surface area (Å²) < 4.78 is 1.55. The minimum absolute atomic E-state index is 0.212. The van der Waals surface area contributed by atoms with Crippen LogP contribution in [0.3, 0.4) is 0 Å². The molecule has 1 aromatic rings. The van der Waals surface area contributed by atoms with Crippen molar-refractivity contribution in [1.82, 2.24) is 15.1 Å². The van der Waals surface area contributed by atoms with Gasteiger partial charge in [0.25, 0.3) is 5.91 Å². The lowest BCUT2D eigenvalue weighted by molar-refractivity contribution is 0.0911. The molecule has 2 rings (SSSR count). The van der Waals surface area contributed by atoms with Gasteiger partial charge in [-0.05, 0) is 38.7 Å². The molecule has 0 spiro atoms. The van der Waals surface area contributed by atoms with Crippen LogP contribution in [0.4, 0.5) is 0 Å². The molecule has 0 aliphatic heterocycles. The van der Waals surface area contributed by atoms with E-state index in [4.69, 9.17) is 0 Å². The van der Waals surface area contributed by atoms with Gasteiger partial charge >= 0.3 is 0 Å². The summed E-state index contributed by atoms with van der Waals surface area (Å²) in [5.74, 6) is -0.212. The van der Waals surface area contributed by atoms with Crippen LogP contribution in [0.5, 0.6) is 0 Å². The number of nitrogens with one attached hydrogen (secondary N) is 1. The predicted molar refractivity (Wildman–Crippen MR) is 62.2 cm³/mol. The zero-order valence-corrected chi connectivity index (χ0v) is 10.2. The lowest BCUT2D eigenvalue weighted by atomic mass is 10.00. The van der Waals surface area contributed by atoms with Crippen LogP contribution in [0.1, 0.15) is 41.9 Å². The topological polar surface area (TPSA) is 70.7 Å². The fourth-order valence-electron chi connectivity index (χ4n) is 2.35. The summed E-state index contributed by atoms with van der Waals surface area (Å²) in [6.07, 6.45) is 3.48. The number of amides is 1. The van der Waals surface area contributed by atoms with Gasteiger partial charge in [0.05, 0.1) is 11.8 Å². The minimum Gasteiger partial charge on any atom is -0.332 e. The number of hydrogen-bond acceptors (Lipinski definition) is 3. The van der Waals surface area contributed by atoms with Crippen molar-refractivity contribution in [3.05, 3.63) is 17.5 Å². The van der Waals surface area contributed by atoms with E-state index < -0.39 is 5.54 Å². The zero-order chi connectivity index (χ0) is 12.5. The third kappa shape index (κ3) is 2.16. The van der Waals surface area contributed by atoms with Gasteiger partial charge in [-0.2, -0.15) is 10.4 Å². The van der Waals surface area contributed by atoms with Crippen molar-refractivity contribution < 1.29 is 4.79 Å². The Morgan fingerprint density at radius 1 is 1.59 bits per heavy atom. The first-order valence-electron chi connectivity index (χ1n) is 5.81. The minimum atomic E-state index is -0.671. The Kier molecular flexibility index (Phi) is 2.88. The first-order chi connectivity index (χ1) is 8.06. The van der Waals surface area contributed by atoms with E-state index in [2.05, 4.69) is 16.5 Å². The summed E-state index contributed by atoms with van der Waals surface area (Å²) in [6, 6.07) is 3.97. The van der Waals surface area contributed by atoms with E-state index >= 15 is 0 Å². The fourth-order valence-corrected chi connectivity index (χ4v) is 2.35. The van der Waals surface area contributed by atoms with Gasteiger partial charge in [-0.1, -0.05) is 0 Å². The van der Waals surface area contributed by atoms with Gasteiger partial charge in [0, 0.05) is 7.05 Å². The van der Waals surface area contributed by atoms with Gasteiger partial charge < -0.3 is 5.32 Å². The van der Waals surface area contributed by atoms with Gasteiger partial charge in [0.2, 0.25) is 0 Å². The van der Waals surface area contributed by atoms with Crippen LogP contribution in [0.15, 0.2) is 6.07 Å². The molecule has 1 aromatic heterocycles. The summed E-state index contributed by atoms with van der Waals surface area (Å²) in [5.41, 5.74) is 0.633. The number of carbonyl (C=O) groups excluding carboxylic acids is 1. The maximum Gasteiger partial charge on any atom is 0.270 e. The second kappa shape index (κ2) is 4.21. The Labute approximate surface area is 100 Å². The van der Waals surface area contributed by atoms with E-state index in [0.29, 0.717) is 5.69 Å². The molecule has 0 atom stereocenters. The van der Waals surface area contributed by atoms with Crippen molar-refractivity contribution in [2.24, 2.45) is 7.05 Å². The van der Waals surface area contributed by atoms with Gasteiger partial charge in [-0.3, -0.25) is 9.48 Å². The molecule has 1 aliphatic rings. The molecule has 1 fully saturated rings. The normalized spacial score (nSPS) is 17.7. The van der Waals surface area contributed by atoms with Crippen molar-refractivity contribution in [2.75, 3.05) is 0 Å². The zero-order valence-electron chi connectivity index (χ0n) is 10.2. The Morgan fingerprint density at radius 3 is 2.71 bits per heavy atom. The lowest BCUT2D eigenvalue weighted by Gasteiger charge is -2.21. The van der Waals surface area contributed by atoms with E-state index in [0.717, 1.165) is 31.4 Å².